The van der Waals surface area contributed by atoms with E-state index in [2.05, 4.69) is 137 Å². The lowest BCUT2D eigenvalue weighted by Gasteiger charge is -2.50. The Bertz CT molecular complexity index is 3050. The zero-order valence-corrected chi connectivity index (χ0v) is 78.5. The maximum Gasteiger partial charge on any atom is 0.335 e. The Morgan fingerprint density at radius 3 is 1.04 bits per heavy atom. The molecule has 20 nitrogen and oxygen atoms in total. The van der Waals surface area contributed by atoms with Gasteiger partial charge in [0.05, 0.1) is 38.9 Å². The number of rotatable bonds is 54. The predicted octanol–water partition coefficient (Wildman–Crippen LogP) is 22.5. The maximum atomic E-state index is 15.1. The van der Waals surface area contributed by atoms with E-state index in [1.54, 1.807) is 0 Å². The van der Waals surface area contributed by atoms with Gasteiger partial charge in [0.25, 0.3) is 0 Å². The summed E-state index contributed by atoms with van der Waals surface area (Å²) in [6.45, 7) is 42.3. The van der Waals surface area contributed by atoms with Crippen molar-refractivity contribution in [2.45, 2.75) is 449 Å². The van der Waals surface area contributed by atoms with Crippen LogP contribution in [0.3, 0.4) is 0 Å². The molecule has 114 heavy (non-hydrogen) atoms. The molecule has 10 atom stereocenters. The summed E-state index contributed by atoms with van der Waals surface area (Å²) in [5.41, 5.74) is 0.855. The van der Waals surface area contributed by atoms with E-state index in [9.17, 15) is 14.4 Å². The molecule has 0 bridgehead atoms. The minimum absolute atomic E-state index is 0.00843. The monoisotopic (exact) mass is 1670 g/mol. The first-order chi connectivity index (χ1) is 54.0. The molecule has 2 aromatic carbocycles. The number of carbonyl (C=O) groups excluding carboxylic acids is 6. The second-order valence-electron chi connectivity index (χ2n) is 36.8. The van der Waals surface area contributed by atoms with Gasteiger partial charge in [0.15, 0.2) is 41.1 Å². The van der Waals surface area contributed by atoms with Crippen LogP contribution in [-0.2, 0) is 106 Å². The second-order valence-corrected chi connectivity index (χ2v) is 55.2. The molecule has 0 aliphatic carbocycles. The first-order valence-electron chi connectivity index (χ1n) is 44.5. The largest absolute Gasteiger partial charge is 0.461 e. The van der Waals surface area contributed by atoms with E-state index in [0.717, 1.165) is 68.9 Å². The first-order valence-corrected chi connectivity index (χ1v) is 54.2. The molecular weight excluding hydrogens is 1510 g/mol. The summed E-state index contributed by atoms with van der Waals surface area (Å²) in [7, 11) is -12.5. The lowest BCUT2D eigenvalue weighted by atomic mass is 9.97. The lowest BCUT2D eigenvalue weighted by molar-refractivity contribution is -0.375. The van der Waals surface area contributed by atoms with Gasteiger partial charge in [-0.25, -0.2) is 0 Å². The van der Waals surface area contributed by atoms with E-state index in [-0.39, 0.29) is 77.9 Å². The molecule has 5 rings (SSSR count). The van der Waals surface area contributed by atoms with Gasteiger partial charge in [-0.2, -0.15) is 0 Å². The number of fused-ring (bicyclic) bond motifs is 1. The normalized spacial score (nSPS) is 22.0. The summed E-state index contributed by atoms with van der Waals surface area (Å²) >= 11 is 0. The van der Waals surface area contributed by atoms with Crippen molar-refractivity contribution >= 4 is 69.6 Å². The van der Waals surface area contributed by atoms with Crippen LogP contribution >= 0.6 is 0 Å². The number of benzene rings is 2. The van der Waals surface area contributed by atoms with Crippen LogP contribution in [-0.4, -0.2) is 144 Å². The molecule has 24 heteroatoms. The Morgan fingerprint density at radius 2 is 0.667 bits per heavy atom. The third-order valence-corrected chi connectivity index (χ3v) is 43.3. The van der Waals surface area contributed by atoms with E-state index >= 15 is 14.4 Å². The molecule has 3 aliphatic rings. The smallest absolute Gasteiger partial charge is 0.335 e. The highest BCUT2D eigenvalue weighted by Gasteiger charge is 2.66. The van der Waals surface area contributed by atoms with Gasteiger partial charge in [0.2, 0.25) is 12.6 Å². The number of ether oxygens (including phenoxy) is 9. The molecule has 0 radical (unpaired) electrons. The summed E-state index contributed by atoms with van der Waals surface area (Å²) < 4.78 is 98.0. The Hall–Kier alpha value is -4.19. The SMILES string of the molecule is CCCCCCCCCCCCCCCC(=O)O[C@@H]1[C@@H](OC(=O)CCC(=O)OCc2ccccc2)[C@@H](O[C@H]2O[C@H](CO[Si](C)(C)C(C)(C)C)[C@H]3O[Si](C(C)C)(C(C)C)O[Si](C(C)C)(C(C)C)O[C@@H]3[C@H]2OC(=O)CCC(=O)OCc2ccccc2)O[C@H](CO[Si](C)(C)C(C)(C)C)[C@H]1OC(=O)CCCCCCCCCCCCCCC. The molecule has 3 saturated heterocycles. The van der Waals surface area contributed by atoms with Crippen LogP contribution in [0.1, 0.15) is 327 Å². The molecular formula is C90H156O20Si4. The van der Waals surface area contributed by atoms with Crippen molar-refractivity contribution < 1.29 is 93.2 Å². The van der Waals surface area contributed by atoms with E-state index in [4.69, 9.17) is 64.5 Å². The van der Waals surface area contributed by atoms with Crippen LogP contribution in [0.4, 0.5) is 0 Å². The highest BCUT2D eigenvalue weighted by atomic mass is 28.5. The van der Waals surface area contributed by atoms with Crippen molar-refractivity contribution in [3.63, 3.8) is 0 Å². The Morgan fingerprint density at radius 1 is 0.368 bits per heavy atom. The van der Waals surface area contributed by atoms with Crippen LogP contribution in [0.5, 0.6) is 0 Å². The van der Waals surface area contributed by atoms with E-state index < -0.39 is 150 Å². The van der Waals surface area contributed by atoms with Gasteiger partial charge in [-0.1, -0.05) is 326 Å². The minimum Gasteiger partial charge on any atom is -0.461 e. The van der Waals surface area contributed by atoms with Gasteiger partial charge in [-0.15, -0.1) is 0 Å². The average molecular weight is 1670 g/mol. The van der Waals surface area contributed by atoms with Gasteiger partial charge in [0.1, 0.15) is 37.6 Å². The van der Waals surface area contributed by atoms with Gasteiger partial charge >= 0.3 is 52.9 Å². The molecule has 0 spiro atoms. The second kappa shape index (κ2) is 50.8. The Balaban J connectivity index is 1.70. The Kier molecular flexibility index (Phi) is 44.7. The number of hydrogen-bond acceptors (Lipinski definition) is 20. The zero-order chi connectivity index (χ0) is 84.1. The standard InChI is InChI=1S/C90H156O20Si4/c1-21-23-25-27-29-31-33-35-37-39-41-43-51-57-77(93)103-81-73(65-99-111(17,18)89(11,12)13)101-87(85(105-79(95)61-59-75(91)97-63-71-53-47-45-48-54-71)83(81)104-78(94)58-52-44-42-40-38-36-34-32-30-28-26-24-22-2)107-88-86(106-80(96)62-60-76(92)98-64-72-55-49-46-50-56-72)84-82(74(102-88)66-100-112(19,20)90(14,15)16)108-113(67(3)4,68(5)6)110-114(109-84,69(7)8)70(9)10/h45-50,53-56,67-70,73-74,81-88H,21-44,51-52,57-66H2,1-20H3/t73-,74-,81-,82-,83+,84+,85-,86-,87-,88-/m1/s1. The van der Waals surface area contributed by atoms with Gasteiger partial charge < -0.3 is 64.5 Å². The van der Waals surface area contributed by atoms with Crippen LogP contribution in [0.15, 0.2) is 60.7 Å². The molecule has 0 amide bonds. The van der Waals surface area contributed by atoms with Crippen LogP contribution < -0.4 is 0 Å². The van der Waals surface area contributed by atoms with Crippen LogP contribution in [0.2, 0.25) is 58.4 Å². The fourth-order valence-electron chi connectivity index (χ4n) is 14.7. The number of hydrogen-bond donors (Lipinski definition) is 0. The summed E-state index contributed by atoms with van der Waals surface area (Å²) in [4.78, 5) is 87.4. The predicted molar refractivity (Wildman–Crippen MR) is 459 cm³/mol. The molecule has 0 saturated carbocycles. The minimum atomic E-state index is -3.61. The van der Waals surface area contributed by atoms with Crippen molar-refractivity contribution in [3.05, 3.63) is 71.8 Å². The van der Waals surface area contributed by atoms with Crippen molar-refractivity contribution in [3.8, 4) is 0 Å². The third-order valence-electron chi connectivity index (χ3n) is 24.0. The summed E-state index contributed by atoms with van der Waals surface area (Å²) in [5.74, 6) is -4.26. The van der Waals surface area contributed by atoms with Crippen molar-refractivity contribution in [2.24, 2.45) is 0 Å². The molecule has 2 aromatic rings. The lowest BCUT2D eigenvalue weighted by Crippen LogP contribution is -2.68. The number of esters is 6. The highest BCUT2D eigenvalue weighted by Crippen LogP contribution is 2.51. The Labute approximate surface area is 693 Å². The maximum absolute atomic E-state index is 15.1. The zero-order valence-electron chi connectivity index (χ0n) is 74.5. The highest BCUT2D eigenvalue weighted by molar-refractivity contribution is 6.84. The molecule has 3 heterocycles. The van der Waals surface area contributed by atoms with E-state index in [1.165, 1.54) is 96.3 Å². The molecule has 0 N–H and O–H groups in total. The van der Waals surface area contributed by atoms with E-state index in [0.29, 0.717) is 12.8 Å². The third kappa shape index (κ3) is 33.4. The van der Waals surface area contributed by atoms with Gasteiger partial charge in [0, 0.05) is 12.8 Å². The van der Waals surface area contributed by atoms with Crippen molar-refractivity contribution in [1.29, 1.82) is 0 Å². The molecule has 652 valence electrons. The molecule has 3 aliphatic heterocycles. The van der Waals surface area contributed by atoms with Gasteiger partial charge in [-0.3, -0.25) is 28.8 Å². The van der Waals surface area contributed by atoms with Crippen molar-refractivity contribution in [1.82, 2.24) is 0 Å². The fourth-order valence-corrected chi connectivity index (χ4v) is 28.1. The average Bonchev–Trinajstić information content (AvgIpc) is 1.55. The number of unbranched alkanes of at least 4 members (excludes halogenated alkanes) is 24. The summed E-state index contributed by atoms with van der Waals surface area (Å²) in [6.07, 6.45) is 12.6. The topological polar surface area (TPSA) is 232 Å². The molecule has 0 aromatic heterocycles. The first kappa shape index (κ1) is 100. The fraction of sp³-hybridized carbons (Fsp3) is 0.800. The van der Waals surface area contributed by atoms with E-state index in [1.807, 2.05) is 60.7 Å². The quantitative estimate of drug-likeness (QED) is 0.0259. The summed E-state index contributed by atoms with van der Waals surface area (Å²) in [5, 5.41) is -0.603. The molecule has 0 unspecified atom stereocenters. The van der Waals surface area contributed by atoms with Crippen LogP contribution in [0, 0.1) is 0 Å². The summed E-state index contributed by atoms with van der Waals surface area (Å²) in [6, 6.07) is 18.4. The van der Waals surface area contributed by atoms with Crippen LogP contribution in [0.25, 0.3) is 0 Å². The number of carbonyl (C=O) groups is 6. The van der Waals surface area contributed by atoms with Crippen molar-refractivity contribution in [2.75, 3.05) is 13.2 Å². The molecule has 3 fully saturated rings. The van der Waals surface area contributed by atoms with Gasteiger partial charge in [-0.05, 0) is 82.4 Å².